The third-order valence-electron chi connectivity index (χ3n) is 1.65. The van der Waals surface area contributed by atoms with E-state index in [0.29, 0.717) is 12.4 Å². The quantitative estimate of drug-likeness (QED) is 0.734. The van der Waals surface area contributed by atoms with E-state index in [1.54, 1.807) is 17.8 Å². The molecule has 1 aromatic heterocycles. The van der Waals surface area contributed by atoms with Gasteiger partial charge in [0.05, 0.1) is 17.7 Å². The van der Waals surface area contributed by atoms with Gasteiger partial charge in [0, 0.05) is 5.75 Å². The lowest BCUT2D eigenvalue weighted by molar-refractivity contribution is 0.0690. The molecule has 4 nitrogen and oxygen atoms in total. The molecule has 1 aliphatic heterocycles. The second-order valence-electron chi connectivity index (χ2n) is 2.52. The summed E-state index contributed by atoms with van der Waals surface area (Å²) in [4.78, 5) is 15.2. The zero-order chi connectivity index (χ0) is 9.26. The van der Waals surface area contributed by atoms with Crippen molar-refractivity contribution in [2.24, 2.45) is 0 Å². The summed E-state index contributed by atoms with van der Waals surface area (Å²) in [6.07, 6.45) is 1.46. The minimum absolute atomic E-state index is 0.0664. The summed E-state index contributed by atoms with van der Waals surface area (Å²) >= 11 is 1.59. The fourth-order valence-electron chi connectivity index (χ4n) is 1.07. The third kappa shape index (κ3) is 1.60. The highest BCUT2D eigenvalue weighted by Crippen LogP contribution is 2.32. The Morgan fingerprint density at radius 3 is 3.31 bits per heavy atom. The van der Waals surface area contributed by atoms with Crippen molar-refractivity contribution in [2.75, 3.05) is 12.4 Å². The van der Waals surface area contributed by atoms with Gasteiger partial charge in [-0.3, -0.25) is 0 Å². The van der Waals surface area contributed by atoms with Crippen molar-refractivity contribution in [3.63, 3.8) is 0 Å². The number of thioether (sulfide) groups is 1. The minimum Gasteiger partial charge on any atom is -0.490 e. The van der Waals surface area contributed by atoms with Gasteiger partial charge in [-0.15, -0.1) is 11.8 Å². The summed E-state index contributed by atoms with van der Waals surface area (Å²) in [5.74, 6) is 0.533. The summed E-state index contributed by atoms with van der Waals surface area (Å²) < 4.78 is 5.28. The highest BCUT2D eigenvalue weighted by molar-refractivity contribution is 7.99. The molecule has 2 heterocycles. The van der Waals surface area contributed by atoms with Crippen molar-refractivity contribution in [1.29, 1.82) is 0 Å². The van der Waals surface area contributed by atoms with E-state index in [0.717, 1.165) is 10.6 Å². The van der Waals surface area contributed by atoms with Gasteiger partial charge >= 0.3 is 5.97 Å². The Hall–Kier alpha value is -1.23. The van der Waals surface area contributed by atoms with Gasteiger partial charge in [-0.1, -0.05) is 0 Å². The molecule has 1 aromatic rings. The van der Waals surface area contributed by atoms with E-state index in [1.165, 1.54) is 6.20 Å². The van der Waals surface area contributed by atoms with Gasteiger partial charge < -0.3 is 9.84 Å². The van der Waals surface area contributed by atoms with Crippen molar-refractivity contribution in [3.05, 3.63) is 18.0 Å². The van der Waals surface area contributed by atoms with Crippen molar-refractivity contribution in [3.8, 4) is 5.75 Å². The van der Waals surface area contributed by atoms with Crippen LogP contribution in [0.25, 0.3) is 0 Å². The highest BCUT2D eigenvalue weighted by atomic mass is 32.2. The monoisotopic (exact) mass is 197 g/mol. The maximum Gasteiger partial charge on any atom is 0.354 e. The summed E-state index contributed by atoms with van der Waals surface area (Å²) in [5, 5.41) is 8.67. The summed E-state index contributed by atoms with van der Waals surface area (Å²) in [7, 11) is 0. The first-order chi connectivity index (χ1) is 6.27. The van der Waals surface area contributed by atoms with Crippen LogP contribution >= 0.6 is 11.8 Å². The third-order valence-corrected chi connectivity index (χ3v) is 2.65. The average Bonchev–Trinajstić information content (AvgIpc) is 2.17. The lowest BCUT2D eigenvalue weighted by atomic mass is 10.3. The van der Waals surface area contributed by atoms with Crippen LogP contribution in [0.3, 0.4) is 0 Å². The normalized spacial score (nSPS) is 14.5. The number of carbonyl (C=O) groups is 1. The molecule has 0 amide bonds. The molecule has 1 N–H and O–H groups in total. The molecule has 68 valence electrons. The Labute approximate surface area is 78.9 Å². The fourth-order valence-corrected chi connectivity index (χ4v) is 1.90. The van der Waals surface area contributed by atoms with Gasteiger partial charge in [-0.2, -0.15) is 0 Å². The van der Waals surface area contributed by atoms with Crippen LogP contribution in [0.5, 0.6) is 5.75 Å². The number of carboxylic acid groups (broad SMARTS) is 1. The molecule has 0 aromatic carbocycles. The molecule has 13 heavy (non-hydrogen) atoms. The van der Waals surface area contributed by atoms with Gasteiger partial charge in [0.25, 0.3) is 0 Å². The smallest absolute Gasteiger partial charge is 0.354 e. The molecular formula is C8H7NO3S. The lowest BCUT2D eigenvalue weighted by Gasteiger charge is -2.15. The number of ether oxygens (including phenoxy) is 1. The molecule has 0 atom stereocenters. The Balaban J connectivity index is 2.40. The van der Waals surface area contributed by atoms with E-state index in [4.69, 9.17) is 9.84 Å². The second kappa shape index (κ2) is 3.26. The van der Waals surface area contributed by atoms with Gasteiger partial charge in [0.15, 0.2) is 5.75 Å². The van der Waals surface area contributed by atoms with Gasteiger partial charge in [-0.05, 0) is 6.07 Å². The number of hydrogen-bond acceptors (Lipinski definition) is 4. The van der Waals surface area contributed by atoms with E-state index in [9.17, 15) is 4.79 Å². The van der Waals surface area contributed by atoms with Crippen LogP contribution in [0, 0.1) is 0 Å². The van der Waals surface area contributed by atoms with Crippen LogP contribution in [-0.2, 0) is 0 Å². The highest BCUT2D eigenvalue weighted by Gasteiger charge is 2.14. The summed E-state index contributed by atoms with van der Waals surface area (Å²) in [6.45, 7) is 0.658. The molecule has 1 aliphatic rings. The predicted octanol–water partition coefficient (Wildman–Crippen LogP) is 1.26. The number of carboxylic acids is 1. The van der Waals surface area contributed by atoms with Crippen LogP contribution in [0.15, 0.2) is 17.2 Å². The number of fused-ring (bicyclic) bond motifs is 1. The van der Waals surface area contributed by atoms with Crippen LogP contribution in [0.4, 0.5) is 0 Å². The standard InChI is InChI=1S/C8H7NO3S/c10-8(11)5-3-7-6(4-9-5)12-1-2-13-7/h3-4H,1-2H2,(H,10,11). The molecule has 0 fully saturated rings. The number of aromatic carboxylic acids is 1. The molecule has 0 aliphatic carbocycles. The van der Waals surface area contributed by atoms with Crippen LogP contribution in [0.1, 0.15) is 10.5 Å². The second-order valence-corrected chi connectivity index (χ2v) is 3.66. The van der Waals surface area contributed by atoms with Crippen molar-refractivity contribution < 1.29 is 14.6 Å². The Morgan fingerprint density at radius 2 is 2.54 bits per heavy atom. The molecule has 0 bridgehead atoms. The topological polar surface area (TPSA) is 59.4 Å². The van der Waals surface area contributed by atoms with Crippen molar-refractivity contribution in [2.45, 2.75) is 4.90 Å². The average molecular weight is 197 g/mol. The van der Waals surface area contributed by atoms with Crippen molar-refractivity contribution in [1.82, 2.24) is 4.98 Å². The maximum atomic E-state index is 10.6. The summed E-state index contributed by atoms with van der Waals surface area (Å²) in [6, 6.07) is 1.54. The molecule has 2 rings (SSSR count). The molecule has 0 saturated carbocycles. The number of aromatic nitrogens is 1. The largest absolute Gasteiger partial charge is 0.490 e. The number of rotatable bonds is 1. The Kier molecular flexibility index (Phi) is 2.10. The van der Waals surface area contributed by atoms with Gasteiger partial charge in [0.2, 0.25) is 0 Å². The molecule has 0 unspecified atom stereocenters. The number of hydrogen-bond donors (Lipinski definition) is 1. The Bertz CT molecular complexity index is 353. The lowest BCUT2D eigenvalue weighted by Crippen LogP contribution is -2.09. The van der Waals surface area contributed by atoms with E-state index in [2.05, 4.69) is 4.98 Å². The van der Waals surface area contributed by atoms with Crippen LogP contribution in [0.2, 0.25) is 0 Å². The zero-order valence-corrected chi connectivity index (χ0v) is 7.50. The fraction of sp³-hybridized carbons (Fsp3) is 0.250. The summed E-state index contributed by atoms with van der Waals surface area (Å²) in [5.41, 5.74) is 0.0664. The van der Waals surface area contributed by atoms with E-state index in [1.807, 2.05) is 0 Å². The SMILES string of the molecule is O=C(O)c1cc2c(cn1)OCCS2. The molecular weight excluding hydrogens is 190 g/mol. The molecule has 5 heteroatoms. The zero-order valence-electron chi connectivity index (χ0n) is 6.69. The van der Waals surface area contributed by atoms with Crippen LogP contribution < -0.4 is 4.74 Å². The van der Waals surface area contributed by atoms with E-state index < -0.39 is 5.97 Å². The van der Waals surface area contributed by atoms with Gasteiger partial charge in [0.1, 0.15) is 5.69 Å². The predicted molar refractivity (Wildman–Crippen MR) is 47.4 cm³/mol. The first-order valence-corrected chi connectivity index (χ1v) is 4.75. The van der Waals surface area contributed by atoms with Gasteiger partial charge in [-0.25, -0.2) is 9.78 Å². The number of pyridine rings is 1. The minimum atomic E-state index is -1.01. The number of nitrogens with zero attached hydrogens (tertiary/aromatic N) is 1. The van der Waals surface area contributed by atoms with E-state index in [-0.39, 0.29) is 5.69 Å². The first kappa shape index (κ1) is 8.37. The molecule has 0 spiro atoms. The Morgan fingerprint density at radius 1 is 1.69 bits per heavy atom. The van der Waals surface area contributed by atoms with Crippen molar-refractivity contribution >= 4 is 17.7 Å². The van der Waals surface area contributed by atoms with E-state index >= 15 is 0 Å². The first-order valence-electron chi connectivity index (χ1n) is 3.76. The maximum absolute atomic E-state index is 10.6. The molecule has 0 radical (unpaired) electrons. The van der Waals surface area contributed by atoms with Crippen LogP contribution in [-0.4, -0.2) is 28.4 Å². The molecule has 0 saturated heterocycles.